The molecule has 0 unspecified atom stereocenters. The first kappa shape index (κ1) is 15.5. The number of Topliss-reactive ketones (excluding diaryl/α,β-unsaturated/α-hetero) is 1. The number of phenols is 1. The summed E-state index contributed by atoms with van der Waals surface area (Å²) in [5.41, 5.74) is 2.47. The predicted molar refractivity (Wildman–Crippen MR) is 89.1 cm³/mol. The van der Waals surface area contributed by atoms with Crippen molar-refractivity contribution in [1.29, 1.82) is 0 Å². The van der Waals surface area contributed by atoms with Crippen molar-refractivity contribution in [3.8, 4) is 11.5 Å². The van der Waals surface area contributed by atoms with Crippen LogP contribution >= 0.6 is 0 Å². The Balaban J connectivity index is 1.78. The Bertz CT molecular complexity index is 741. The van der Waals surface area contributed by atoms with E-state index in [2.05, 4.69) is 12.1 Å². The van der Waals surface area contributed by atoms with E-state index in [9.17, 15) is 15.1 Å². The van der Waals surface area contributed by atoms with Crippen LogP contribution in [0.2, 0.25) is 0 Å². The molecule has 3 aliphatic carbocycles. The summed E-state index contributed by atoms with van der Waals surface area (Å²) in [6.07, 6.45) is 4.25. The van der Waals surface area contributed by atoms with Gasteiger partial charge in [0.05, 0.1) is 12.8 Å². The molecule has 4 atom stereocenters. The highest BCUT2D eigenvalue weighted by molar-refractivity contribution is 6.00. The lowest BCUT2D eigenvalue weighted by molar-refractivity contribution is 0.0707. The van der Waals surface area contributed by atoms with Gasteiger partial charge in [-0.3, -0.25) is 4.79 Å². The topological polar surface area (TPSA) is 79.1 Å². The summed E-state index contributed by atoms with van der Waals surface area (Å²) < 4.78 is 5.25. The zero-order valence-corrected chi connectivity index (χ0v) is 14.1. The maximum absolute atomic E-state index is 12.7. The number of fused-ring (bicyclic) bond motifs is 5. The smallest absolute Gasteiger partial charge is 0.163 e. The summed E-state index contributed by atoms with van der Waals surface area (Å²) in [6.45, 7) is 2.19. The van der Waals surface area contributed by atoms with E-state index in [-0.39, 0.29) is 22.9 Å². The number of aromatic hydroxyl groups is 1. The molecule has 2 fully saturated rings. The summed E-state index contributed by atoms with van der Waals surface area (Å²) in [4.78, 5) is 12.7. The van der Waals surface area contributed by atoms with Crippen molar-refractivity contribution in [3.05, 3.63) is 23.3 Å². The summed E-state index contributed by atoms with van der Waals surface area (Å²) in [7, 11) is 1.53. The molecule has 0 radical (unpaired) electrons. The molecule has 0 heterocycles. The highest BCUT2D eigenvalue weighted by Gasteiger charge is 2.54. The monoisotopic (exact) mass is 329 g/mol. The second-order valence-corrected chi connectivity index (χ2v) is 7.66. The van der Waals surface area contributed by atoms with Crippen LogP contribution in [0, 0.1) is 17.3 Å². The van der Waals surface area contributed by atoms with Gasteiger partial charge in [0.15, 0.2) is 17.3 Å². The van der Waals surface area contributed by atoms with Crippen molar-refractivity contribution in [2.24, 2.45) is 22.4 Å². The minimum Gasteiger partial charge on any atom is -0.504 e. The number of methoxy groups -OCH3 is 1. The third kappa shape index (κ3) is 1.93. The number of ketones is 1. The molecule has 2 saturated carbocycles. The molecule has 0 saturated heterocycles. The minimum absolute atomic E-state index is 0.0271. The molecule has 4 rings (SSSR count). The second kappa shape index (κ2) is 5.23. The number of oxime groups is 1. The van der Waals surface area contributed by atoms with Crippen LogP contribution in [0.3, 0.4) is 0 Å². The molecule has 0 amide bonds. The fraction of sp³-hybridized carbons (Fsp3) is 0.579. The molecular weight excluding hydrogens is 306 g/mol. The molecule has 0 aromatic heterocycles. The van der Waals surface area contributed by atoms with Crippen molar-refractivity contribution in [3.63, 3.8) is 0 Å². The first-order chi connectivity index (χ1) is 11.5. The molecule has 1 aromatic rings. The van der Waals surface area contributed by atoms with Crippen molar-refractivity contribution in [1.82, 2.24) is 0 Å². The maximum Gasteiger partial charge on any atom is 0.163 e. The maximum atomic E-state index is 12.7. The van der Waals surface area contributed by atoms with Gasteiger partial charge in [0, 0.05) is 17.4 Å². The fourth-order valence-corrected chi connectivity index (χ4v) is 5.53. The van der Waals surface area contributed by atoms with Gasteiger partial charge in [-0.25, -0.2) is 0 Å². The first-order valence-corrected chi connectivity index (χ1v) is 8.65. The second-order valence-electron chi connectivity index (χ2n) is 7.66. The van der Waals surface area contributed by atoms with Gasteiger partial charge < -0.3 is 15.1 Å². The van der Waals surface area contributed by atoms with Crippen LogP contribution in [-0.4, -0.2) is 28.9 Å². The van der Waals surface area contributed by atoms with Crippen LogP contribution in [-0.2, 0) is 0 Å². The number of hydrogen-bond acceptors (Lipinski definition) is 5. The minimum atomic E-state index is -0.0886. The molecule has 128 valence electrons. The zero-order valence-electron chi connectivity index (χ0n) is 14.1. The van der Waals surface area contributed by atoms with Gasteiger partial charge in [-0.15, -0.1) is 0 Å². The average Bonchev–Trinajstić information content (AvgIpc) is 2.91. The molecule has 2 N–H and O–H groups in total. The lowest BCUT2D eigenvalue weighted by Gasteiger charge is -2.48. The molecule has 24 heavy (non-hydrogen) atoms. The van der Waals surface area contributed by atoms with E-state index in [1.807, 2.05) is 6.07 Å². The molecule has 0 bridgehead atoms. The third-order valence-corrected chi connectivity index (χ3v) is 6.77. The number of phenolic OH excluding ortho intramolecular Hbond substituents is 1. The summed E-state index contributed by atoms with van der Waals surface area (Å²) in [5.74, 6) is 1.52. The van der Waals surface area contributed by atoms with Gasteiger partial charge in [-0.2, -0.15) is 0 Å². The highest BCUT2D eigenvalue weighted by Crippen LogP contribution is 2.60. The van der Waals surface area contributed by atoms with E-state index >= 15 is 0 Å². The number of benzene rings is 1. The van der Waals surface area contributed by atoms with Gasteiger partial charge in [-0.1, -0.05) is 12.1 Å². The van der Waals surface area contributed by atoms with Gasteiger partial charge in [0.25, 0.3) is 0 Å². The van der Waals surface area contributed by atoms with Gasteiger partial charge >= 0.3 is 0 Å². The Morgan fingerprint density at radius 2 is 2.12 bits per heavy atom. The van der Waals surface area contributed by atoms with Crippen LogP contribution in [0.1, 0.15) is 60.9 Å². The molecule has 5 nitrogen and oxygen atoms in total. The van der Waals surface area contributed by atoms with Gasteiger partial charge in [-0.05, 0) is 61.1 Å². The number of rotatable bonds is 1. The molecule has 0 aliphatic heterocycles. The van der Waals surface area contributed by atoms with Crippen molar-refractivity contribution in [2.75, 3.05) is 7.11 Å². The van der Waals surface area contributed by atoms with E-state index in [0.717, 1.165) is 37.0 Å². The first-order valence-electron chi connectivity index (χ1n) is 8.65. The van der Waals surface area contributed by atoms with Crippen LogP contribution in [0.15, 0.2) is 17.3 Å². The summed E-state index contributed by atoms with van der Waals surface area (Å²) >= 11 is 0. The fourth-order valence-electron chi connectivity index (χ4n) is 5.53. The van der Waals surface area contributed by atoms with Crippen LogP contribution in [0.4, 0.5) is 0 Å². The zero-order chi connectivity index (χ0) is 17.1. The predicted octanol–water partition coefficient (Wildman–Crippen LogP) is 3.73. The third-order valence-electron chi connectivity index (χ3n) is 6.77. The van der Waals surface area contributed by atoms with Crippen molar-refractivity contribution < 1.29 is 19.8 Å². The van der Waals surface area contributed by atoms with E-state index in [1.165, 1.54) is 7.11 Å². The van der Waals surface area contributed by atoms with Crippen molar-refractivity contribution >= 4 is 11.5 Å². The number of carbonyl (C=O) groups is 1. The lowest BCUT2D eigenvalue weighted by Crippen LogP contribution is -2.43. The average molecular weight is 329 g/mol. The normalized spacial score (nSPS) is 36.2. The largest absolute Gasteiger partial charge is 0.504 e. The Labute approximate surface area is 141 Å². The van der Waals surface area contributed by atoms with Crippen LogP contribution < -0.4 is 4.74 Å². The van der Waals surface area contributed by atoms with Crippen LogP contribution in [0.5, 0.6) is 11.5 Å². The number of nitrogens with zero attached hydrogens (tertiary/aromatic N) is 1. The molecule has 0 spiro atoms. The molecule has 5 heteroatoms. The van der Waals surface area contributed by atoms with Crippen molar-refractivity contribution in [2.45, 2.75) is 44.9 Å². The Morgan fingerprint density at radius 3 is 2.83 bits per heavy atom. The van der Waals surface area contributed by atoms with E-state index in [1.54, 1.807) is 6.07 Å². The Hall–Kier alpha value is -2.04. The van der Waals surface area contributed by atoms with Crippen LogP contribution in [0.25, 0.3) is 0 Å². The van der Waals surface area contributed by atoms with E-state index in [4.69, 9.17) is 4.74 Å². The Morgan fingerprint density at radius 1 is 1.33 bits per heavy atom. The summed E-state index contributed by atoms with van der Waals surface area (Å²) in [5, 5.41) is 22.9. The Kier molecular flexibility index (Phi) is 3.37. The standard InChI is InChI=1S/C19H23NO4/c1-19-6-5-10-11-9-17(24-2)16(22)8-13(11)15(21)7-12(10)14(19)3-4-18(19)20-23/h8-10,12,14,22-23H,3-7H2,1-2H3/t10-,12-,14+,19+/m1/s1. The highest BCUT2D eigenvalue weighted by atomic mass is 16.5. The molecule has 3 aliphatic rings. The SMILES string of the molecule is COc1cc2c(cc1O)C(=O)C[C@@H]1[C@@H]2CC[C@]2(C)C(=NO)CC[C@@H]12. The number of carbonyl (C=O) groups excluding carboxylic acids is 1. The number of ether oxygens (including phenoxy) is 1. The van der Waals surface area contributed by atoms with Gasteiger partial charge in [0.2, 0.25) is 0 Å². The van der Waals surface area contributed by atoms with E-state index < -0.39 is 0 Å². The quantitative estimate of drug-likeness (QED) is 0.608. The molecule has 1 aromatic carbocycles. The van der Waals surface area contributed by atoms with Gasteiger partial charge in [0.1, 0.15) is 0 Å². The van der Waals surface area contributed by atoms with E-state index in [0.29, 0.717) is 29.6 Å². The summed E-state index contributed by atoms with van der Waals surface area (Å²) in [6, 6.07) is 3.41. The molecular formula is C19H23NO4. The number of hydrogen-bond donors (Lipinski definition) is 2. The lowest BCUT2D eigenvalue weighted by atomic mass is 9.55.